The molecular weight excluding hydrogens is 340 g/mol. The maximum Gasteiger partial charge on any atom is 0.328 e. The molecule has 0 saturated carbocycles. The summed E-state index contributed by atoms with van der Waals surface area (Å²) in [7, 11) is 1.27. The summed E-state index contributed by atoms with van der Waals surface area (Å²) in [4.78, 5) is 34.7. The molecule has 0 fully saturated rings. The minimum Gasteiger partial charge on any atom is -0.467 e. The topological polar surface area (TPSA) is 97.0 Å². The van der Waals surface area contributed by atoms with E-state index in [1.807, 2.05) is 0 Å². The first-order chi connectivity index (χ1) is 10.1. The van der Waals surface area contributed by atoms with E-state index in [1.54, 1.807) is 24.4 Å². The van der Waals surface area contributed by atoms with E-state index in [0.29, 0.717) is 10.3 Å². The van der Waals surface area contributed by atoms with Crippen LogP contribution >= 0.6 is 15.9 Å². The number of carbonyl (C=O) groups excluding carboxylic acids is 2. The minimum absolute atomic E-state index is 0.211. The number of halogens is 1. The zero-order valence-corrected chi connectivity index (χ0v) is 12.8. The van der Waals surface area contributed by atoms with E-state index in [9.17, 15) is 9.59 Å². The number of hydrogen-bond acceptors (Lipinski definition) is 5. The van der Waals surface area contributed by atoms with Crippen molar-refractivity contribution in [1.29, 1.82) is 0 Å². The Bertz CT molecular complexity index is 630. The molecule has 0 aliphatic heterocycles. The summed E-state index contributed by atoms with van der Waals surface area (Å²) >= 11 is 3.19. The highest BCUT2D eigenvalue weighted by Gasteiger charge is 2.23. The van der Waals surface area contributed by atoms with Gasteiger partial charge in [-0.05, 0) is 28.1 Å². The SMILES string of the molecule is COC(=O)[C@H](Cc1cnc[nH]1)NC(=O)c1cccc(Br)n1. The first-order valence-corrected chi connectivity index (χ1v) is 6.88. The quantitative estimate of drug-likeness (QED) is 0.619. The number of hydrogen-bond donors (Lipinski definition) is 2. The number of pyridine rings is 1. The number of amides is 1. The van der Waals surface area contributed by atoms with Gasteiger partial charge in [-0.3, -0.25) is 4.79 Å². The molecule has 2 heterocycles. The molecule has 1 atom stereocenters. The van der Waals surface area contributed by atoms with Crippen LogP contribution in [0, 0.1) is 0 Å². The van der Waals surface area contributed by atoms with E-state index in [-0.39, 0.29) is 12.1 Å². The third kappa shape index (κ3) is 4.12. The normalized spacial score (nSPS) is 11.7. The Morgan fingerprint density at radius 3 is 2.90 bits per heavy atom. The Labute approximate surface area is 129 Å². The van der Waals surface area contributed by atoms with Crippen molar-refractivity contribution in [2.24, 2.45) is 0 Å². The number of methoxy groups -OCH3 is 1. The van der Waals surface area contributed by atoms with Crippen LogP contribution in [0.15, 0.2) is 35.3 Å². The minimum atomic E-state index is -0.816. The molecule has 0 aliphatic carbocycles. The molecule has 2 rings (SSSR count). The molecule has 0 unspecified atom stereocenters. The lowest BCUT2D eigenvalue weighted by Crippen LogP contribution is -2.43. The van der Waals surface area contributed by atoms with E-state index in [1.165, 1.54) is 13.4 Å². The highest BCUT2D eigenvalue weighted by atomic mass is 79.9. The van der Waals surface area contributed by atoms with E-state index >= 15 is 0 Å². The van der Waals surface area contributed by atoms with E-state index in [4.69, 9.17) is 4.74 Å². The lowest BCUT2D eigenvalue weighted by Gasteiger charge is -2.15. The summed E-state index contributed by atoms with van der Waals surface area (Å²) in [6.45, 7) is 0. The molecule has 21 heavy (non-hydrogen) atoms. The van der Waals surface area contributed by atoms with Crippen molar-refractivity contribution in [3.05, 3.63) is 46.7 Å². The molecule has 0 spiro atoms. The zero-order valence-electron chi connectivity index (χ0n) is 11.2. The number of aromatic amines is 1. The fourth-order valence-electron chi connectivity index (χ4n) is 1.72. The Balaban J connectivity index is 2.11. The van der Waals surface area contributed by atoms with Gasteiger partial charge in [0.1, 0.15) is 16.3 Å². The molecule has 0 bridgehead atoms. The van der Waals surface area contributed by atoms with Crippen LogP contribution in [0.25, 0.3) is 0 Å². The number of rotatable bonds is 5. The number of nitrogens with one attached hydrogen (secondary N) is 2. The van der Waals surface area contributed by atoms with Crippen molar-refractivity contribution in [3.8, 4) is 0 Å². The van der Waals surface area contributed by atoms with Gasteiger partial charge in [0, 0.05) is 18.3 Å². The first-order valence-electron chi connectivity index (χ1n) is 6.08. The van der Waals surface area contributed by atoms with Crippen LogP contribution in [0.1, 0.15) is 16.2 Å². The van der Waals surface area contributed by atoms with Gasteiger partial charge >= 0.3 is 5.97 Å². The summed E-state index contributed by atoms with van der Waals surface area (Å²) in [5, 5.41) is 2.60. The second-order valence-electron chi connectivity index (χ2n) is 4.18. The van der Waals surface area contributed by atoms with Crippen molar-refractivity contribution in [2.45, 2.75) is 12.5 Å². The van der Waals surface area contributed by atoms with E-state index < -0.39 is 17.9 Å². The monoisotopic (exact) mass is 352 g/mol. The number of esters is 1. The van der Waals surface area contributed by atoms with Gasteiger partial charge in [0.25, 0.3) is 5.91 Å². The summed E-state index contributed by atoms with van der Waals surface area (Å²) in [5.41, 5.74) is 0.927. The smallest absolute Gasteiger partial charge is 0.328 e. The fourth-order valence-corrected chi connectivity index (χ4v) is 2.06. The summed E-state index contributed by atoms with van der Waals surface area (Å²) in [6.07, 6.45) is 3.34. The predicted octanol–water partition coefficient (Wildman–Crippen LogP) is 1.08. The van der Waals surface area contributed by atoms with Crippen LogP contribution in [0.3, 0.4) is 0 Å². The molecule has 7 nitrogen and oxygen atoms in total. The molecule has 110 valence electrons. The van der Waals surface area contributed by atoms with Gasteiger partial charge in [-0.25, -0.2) is 14.8 Å². The lowest BCUT2D eigenvalue weighted by atomic mass is 10.1. The Hall–Kier alpha value is -2.22. The van der Waals surface area contributed by atoms with Crippen LogP contribution in [-0.2, 0) is 16.0 Å². The maximum absolute atomic E-state index is 12.1. The van der Waals surface area contributed by atoms with Gasteiger partial charge in [-0.1, -0.05) is 6.07 Å². The first kappa shape index (κ1) is 15.2. The van der Waals surface area contributed by atoms with Crippen LogP contribution in [0.5, 0.6) is 0 Å². The van der Waals surface area contributed by atoms with Gasteiger partial charge in [-0.15, -0.1) is 0 Å². The number of H-pyrrole nitrogens is 1. The van der Waals surface area contributed by atoms with Crippen molar-refractivity contribution in [3.63, 3.8) is 0 Å². The molecule has 1 amide bonds. The number of imidazole rings is 1. The van der Waals surface area contributed by atoms with Crippen molar-refractivity contribution >= 4 is 27.8 Å². The number of ether oxygens (including phenoxy) is 1. The third-order valence-corrected chi connectivity index (χ3v) is 3.16. The standard InChI is InChI=1S/C13H13BrN4O3/c1-21-13(20)10(5-8-6-15-7-16-8)18-12(19)9-3-2-4-11(14)17-9/h2-4,6-7,10H,5H2,1H3,(H,15,16)(H,18,19)/t10-/m0/s1. The van der Waals surface area contributed by atoms with Crippen LogP contribution in [0.2, 0.25) is 0 Å². The second-order valence-corrected chi connectivity index (χ2v) is 4.99. The largest absolute Gasteiger partial charge is 0.467 e. The average molecular weight is 353 g/mol. The third-order valence-electron chi connectivity index (χ3n) is 2.72. The van der Waals surface area contributed by atoms with Gasteiger partial charge in [0.15, 0.2) is 0 Å². The van der Waals surface area contributed by atoms with Crippen LogP contribution in [0.4, 0.5) is 0 Å². The molecule has 0 aromatic carbocycles. The maximum atomic E-state index is 12.1. The second kappa shape index (κ2) is 6.98. The van der Waals surface area contributed by atoms with Gasteiger partial charge in [0.05, 0.1) is 13.4 Å². The van der Waals surface area contributed by atoms with Gasteiger partial charge in [0.2, 0.25) is 0 Å². The average Bonchev–Trinajstić information content (AvgIpc) is 2.98. The van der Waals surface area contributed by atoms with E-state index in [0.717, 1.165) is 0 Å². The molecule has 0 saturated heterocycles. The number of carbonyl (C=O) groups is 2. The van der Waals surface area contributed by atoms with Crippen LogP contribution in [-0.4, -0.2) is 40.0 Å². The lowest BCUT2D eigenvalue weighted by molar-refractivity contribution is -0.142. The highest BCUT2D eigenvalue weighted by molar-refractivity contribution is 9.10. The molecule has 2 aromatic rings. The summed E-state index contributed by atoms with van der Waals surface area (Å²) < 4.78 is 5.24. The van der Waals surface area contributed by atoms with Gasteiger partial charge in [-0.2, -0.15) is 0 Å². The van der Waals surface area contributed by atoms with Crippen LogP contribution < -0.4 is 5.32 Å². The summed E-state index contributed by atoms with van der Waals surface area (Å²) in [5.74, 6) is -0.987. The zero-order chi connectivity index (χ0) is 15.2. The molecule has 0 radical (unpaired) electrons. The Kier molecular flexibility index (Phi) is 5.04. The highest BCUT2D eigenvalue weighted by Crippen LogP contribution is 2.07. The predicted molar refractivity (Wildman–Crippen MR) is 77.5 cm³/mol. The summed E-state index contributed by atoms with van der Waals surface area (Å²) in [6, 6.07) is 4.14. The van der Waals surface area contributed by atoms with Crippen molar-refractivity contribution in [2.75, 3.05) is 7.11 Å². The Morgan fingerprint density at radius 2 is 2.29 bits per heavy atom. The number of nitrogens with zero attached hydrogens (tertiary/aromatic N) is 2. The molecule has 8 heteroatoms. The Morgan fingerprint density at radius 1 is 1.48 bits per heavy atom. The molecule has 2 aromatic heterocycles. The van der Waals surface area contributed by atoms with Crippen molar-refractivity contribution in [1.82, 2.24) is 20.3 Å². The van der Waals surface area contributed by atoms with E-state index in [2.05, 4.69) is 36.2 Å². The molecule has 2 N–H and O–H groups in total. The number of aromatic nitrogens is 3. The van der Waals surface area contributed by atoms with Crippen molar-refractivity contribution < 1.29 is 14.3 Å². The molecule has 0 aliphatic rings. The van der Waals surface area contributed by atoms with Gasteiger partial charge < -0.3 is 15.0 Å². The molecular formula is C13H13BrN4O3. The fraction of sp³-hybridized carbons (Fsp3) is 0.231.